The Morgan fingerprint density at radius 3 is 2.65 bits per heavy atom. The first-order valence-corrected chi connectivity index (χ1v) is 6.71. The molecule has 0 radical (unpaired) electrons. The lowest BCUT2D eigenvalue weighted by Gasteiger charge is -2.03. The molecule has 1 amide bonds. The first-order valence-electron chi connectivity index (χ1n) is 5.27. The van der Waals surface area contributed by atoms with Crippen LogP contribution in [0.15, 0.2) is 28.9 Å². The predicted molar refractivity (Wildman–Crippen MR) is 69.8 cm³/mol. The molecule has 1 heterocycles. The molecule has 2 rings (SSSR count). The molecule has 0 saturated carbocycles. The highest BCUT2D eigenvalue weighted by molar-refractivity contribution is 8.01. The molecule has 8 nitrogen and oxygen atoms in total. The second-order valence-electron chi connectivity index (χ2n) is 3.81. The van der Waals surface area contributed by atoms with Gasteiger partial charge in [0.15, 0.2) is 11.5 Å². The number of amides is 1. The molecule has 106 valence electrons. The van der Waals surface area contributed by atoms with Crippen molar-refractivity contribution in [2.24, 2.45) is 4.99 Å². The third-order valence-corrected chi connectivity index (χ3v) is 3.11. The van der Waals surface area contributed by atoms with E-state index in [1.54, 1.807) is 0 Å². The van der Waals surface area contributed by atoms with Gasteiger partial charge >= 0.3 is 10.1 Å². The van der Waals surface area contributed by atoms with Crippen molar-refractivity contribution >= 4 is 27.3 Å². The topological polar surface area (TPSA) is 125 Å². The van der Waals surface area contributed by atoms with Gasteiger partial charge in [0.25, 0.3) is 11.1 Å². The van der Waals surface area contributed by atoms with Crippen LogP contribution in [0.4, 0.5) is 0 Å². The average Bonchev–Trinajstić information content (AvgIpc) is 2.73. The maximum atomic E-state index is 11.5. The van der Waals surface area contributed by atoms with Crippen molar-refractivity contribution in [3.05, 3.63) is 29.5 Å². The number of nitrogens with zero attached hydrogens (tertiary/aromatic N) is 1. The first-order chi connectivity index (χ1) is 9.31. The van der Waals surface area contributed by atoms with E-state index in [1.807, 2.05) is 5.32 Å². The number of amidine groups is 1. The fraction of sp³-hybridized carbons (Fsp3) is 0.0909. The van der Waals surface area contributed by atoms with E-state index in [0.29, 0.717) is 5.56 Å². The number of phenols is 1. The van der Waals surface area contributed by atoms with E-state index < -0.39 is 21.2 Å². The summed E-state index contributed by atoms with van der Waals surface area (Å²) in [7, 11) is -3.20. The van der Waals surface area contributed by atoms with Crippen LogP contribution in [0.1, 0.15) is 5.56 Å². The number of phenolic OH excluding ortho intramolecular Hbond substituents is 1. The number of aliphatic imine (C=N–C) groups is 1. The van der Waals surface area contributed by atoms with Crippen molar-refractivity contribution < 1.29 is 27.6 Å². The summed E-state index contributed by atoms with van der Waals surface area (Å²) in [5.74, 6) is -0.644. The molecule has 9 heteroatoms. The van der Waals surface area contributed by atoms with Crippen molar-refractivity contribution in [1.29, 1.82) is 0 Å². The molecule has 0 fully saturated rings. The largest absolute Gasteiger partial charge is 0.504 e. The Hall–Kier alpha value is -2.39. The number of carbonyl (C=O) groups is 1. The van der Waals surface area contributed by atoms with Crippen molar-refractivity contribution in [3.63, 3.8) is 0 Å². The average molecular weight is 298 g/mol. The highest BCUT2D eigenvalue weighted by Gasteiger charge is 2.28. The fourth-order valence-corrected chi connectivity index (χ4v) is 1.95. The molecular weight excluding hydrogens is 288 g/mol. The smallest absolute Gasteiger partial charge is 0.328 e. The summed E-state index contributed by atoms with van der Waals surface area (Å²) < 4.78 is 35.4. The Kier molecular flexibility index (Phi) is 3.47. The third kappa shape index (κ3) is 2.78. The third-order valence-electron chi connectivity index (χ3n) is 2.43. The monoisotopic (exact) mass is 298 g/mol. The predicted octanol–water partition coefficient (Wildman–Crippen LogP) is 0.115. The number of benzene rings is 1. The number of methoxy groups -OCH3 is 1. The lowest BCUT2D eigenvalue weighted by atomic mass is 10.1. The van der Waals surface area contributed by atoms with Gasteiger partial charge in [-0.05, 0) is 23.8 Å². The zero-order chi connectivity index (χ0) is 14.9. The van der Waals surface area contributed by atoms with Gasteiger partial charge in [0, 0.05) is 0 Å². The number of ether oxygens (including phenoxy) is 1. The number of carbonyl (C=O) groups excluding carboxylic acids is 1. The molecule has 0 saturated heterocycles. The van der Waals surface area contributed by atoms with Gasteiger partial charge < -0.3 is 9.84 Å². The van der Waals surface area contributed by atoms with Crippen molar-refractivity contribution in [1.82, 2.24) is 5.32 Å². The molecule has 0 bridgehead atoms. The van der Waals surface area contributed by atoms with E-state index in [9.17, 15) is 18.3 Å². The summed E-state index contributed by atoms with van der Waals surface area (Å²) in [5.41, 5.74) is 0.274. The molecule has 20 heavy (non-hydrogen) atoms. The summed E-state index contributed by atoms with van der Waals surface area (Å²) in [6, 6.07) is 4.28. The van der Waals surface area contributed by atoms with Crippen LogP contribution in [-0.4, -0.2) is 36.3 Å². The van der Waals surface area contributed by atoms with Crippen LogP contribution < -0.4 is 10.1 Å². The summed E-state index contributed by atoms with van der Waals surface area (Å²) in [5, 5.41) is 10.5. The Morgan fingerprint density at radius 1 is 1.40 bits per heavy atom. The Balaban J connectivity index is 2.41. The van der Waals surface area contributed by atoms with E-state index in [4.69, 9.17) is 9.29 Å². The van der Waals surface area contributed by atoms with E-state index >= 15 is 0 Å². The van der Waals surface area contributed by atoms with Crippen LogP contribution in [0, 0.1) is 0 Å². The highest BCUT2D eigenvalue weighted by atomic mass is 32.2. The van der Waals surface area contributed by atoms with Gasteiger partial charge in [0.05, 0.1) is 7.11 Å². The molecule has 1 aromatic carbocycles. The second kappa shape index (κ2) is 4.94. The van der Waals surface area contributed by atoms with Gasteiger partial charge in [-0.25, -0.2) is 4.99 Å². The second-order valence-corrected chi connectivity index (χ2v) is 5.14. The number of rotatable bonds is 2. The van der Waals surface area contributed by atoms with E-state index in [1.165, 1.54) is 31.4 Å². The molecule has 3 N–H and O–H groups in total. The Morgan fingerprint density at radius 2 is 2.10 bits per heavy atom. The summed E-state index contributed by atoms with van der Waals surface area (Å²) in [6.45, 7) is 0. The number of aromatic hydroxyl groups is 1. The quantitative estimate of drug-likeness (QED) is 0.526. The number of hydrogen-bond acceptors (Lipinski definition) is 6. The van der Waals surface area contributed by atoms with Gasteiger partial charge in [-0.15, -0.1) is 0 Å². The van der Waals surface area contributed by atoms with Gasteiger partial charge in [0.1, 0.15) is 5.70 Å². The Labute approximate surface area is 114 Å². The molecule has 0 unspecified atom stereocenters. The van der Waals surface area contributed by atoms with E-state index in [0.717, 1.165) is 0 Å². The van der Waals surface area contributed by atoms with Crippen LogP contribution in [-0.2, 0) is 14.9 Å². The summed E-state index contributed by atoms with van der Waals surface area (Å²) >= 11 is 0. The van der Waals surface area contributed by atoms with Crippen molar-refractivity contribution in [3.8, 4) is 11.5 Å². The molecule has 0 spiro atoms. The molecule has 0 aromatic heterocycles. The van der Waals surface area contributed by atoms with Crippen molar-refractivity contribution in [2.75, 3.05) is 7.11 Å². The van der Waals surface area contributed by atoms with E-state index in [-0.39, 0.29) is 17.2 Å². The minimum atomic E-state index is -4.57. The van der Waals surface area contributed by atoms with Crippen LogP contribution in [0.25, 0.3) is 6.08 Å². The summed E-state index contributed by atoms with van der Waals surface area (Å²) in [4.78, 5) is 15.0. The standard InChI is InChI=1S/C11H10N2O6S/c1-19-9-5-6(2-3-8(9)14)4-7-10(15)13-11(12-7)20(16,17)18/h2-5,14H,1H3,(H,12,13,15)(H,16,17,18)/b7-4-. The fourth-order valence-electron chi connectivity index (χ4n) is 1.51. The number of hydrogen-bond donors (Lipinski definition) is 3. The highest BCUT2D eigenvalue weighted by Crippen LogP contribution is 2.27. The zero-order valence-corrected chi connectivity index (χ0v) is 11.0. The maximum Gasteiger partial charge on any atom is 0.328 e. The molecule has 0 aliphatic carbocycles. The van der Waals surface area contributed by atoms with Crippen LogP contribution in [0.3, 0.4) is 0 Å². The van der Waals surface area contributed by atoms with Crippen molar-refractivity contribution in [2.45, 2.75) is 0 Å². The Bertz CT molecular complexity index is 735. The zero-order valence-electron chi connectivity index (χ0n) is 10.2. The van der Waals surface area contributed by atoms with Gasteiger partial charge in [-0.2, -0.15) is 8.42 Å². The van der Waals surface area contributed by atoms with Crippen LogP contribution >= 0.6 is 0 Å². The number of nitrogens with one attached hydrogen (secondary N) is 1. The molecule has 1 aliphatic heterocycles. The minimum absolute atomic E-state index is 0.0763. The molecule has 1 aliphatic rings. The van der Waals surface area contributed by atoms with Gasteiger partial charge in [-0.1, -0.05) is 6.07 Å². The van der Waals surface area contributed by atoms with Gasteiger partial charge in [0.2, 0.25) is 0 Å². The minimum Gasteiger partial charge on any atom is -0.504 e. The van der Waals surface area contributed by atoms with Crippen LogP contribution in [0.5, 0.6) is 11.5 Å². The maximum absolute atomic E-state index is 11.5. The molecular formula is C11H10N2O6S. The lowest BCUT2D eigenvalue weighted by molar-refractivity contribution is -0.115. The molecule has 1 aromatic rings. The molecule has 0 atom stereocenters. The normalized spacial score (nSPS) is 17.0. The van der Waals surface area contributed by atoms with Crippen LogP contribution in [0.2, 0.25) is 0 Å². The van der Waals surface area contributed by atoms with Gasteiger partial charge in [-0.3, -0.25) is 14.7 Å². The first kappa shape index (κ1) is 14.0. The lowest BCUT2D eigenvalue weighted by Crippen LogP contribution is -2.30. The van der Waals surface area contributed by atoms with E-state index in [2.05, 4.69) is 4.99 Å². The summed E-state index contributed by atoms with van der Waals surface area (Å²) in [6.07, 6.45) is 1.29. The SMILES string of the molecule is COc1cc(/C=C2\N=C(S(=O)(=O)O)NC2=O)ccc1O.